The second kappa shape index (κ2) is 3.71. The molecule has 3 N–H and O–H groups in total. The molecule has 0 aromatic heterocycles. The van der Waals surface area contributed by atoms with E-state index in [0.717, 1.165) is 10.0 Å². The summed E-state index contributed by atoms with van der Waals surface area (Å²) in [6.07, 6.45) is 0. The molecule has 1 aromatic carbocycles. The van der Waals surface area contributed by atoms with E-state index in [1.54, 1.807) is 18.2 Å². The van der Waals surface area contributed by atoms with Crippen molar-refractivity contribution in [2.24, 2.45) is 5.73 Å². The Labute approximate surface area is 91.1 Å². The molecular weight excluding hydrogens is 246 g/mol. The van der Waals surface area contributed by atoms with Crippen molar-refractivity contribution < 1.29 is 9.90 Å². The number of carboxylic acid groups (broad SMARTS) is 1. The number of rotatable bonds is 2. The monoisotopic (exact) mass is 257 g/mol. The number of hydrogen-bond donors (Lipinski definition) is 2. The van der Waals surface area contributed by atoms with Gasteiger partial charge in [-0.3, -0.25) is 0 Å². The van der Waals surface area contributed by atoms with Crippen molar-refractivity contribution in [2.75, 3.05) is 0 Å². The summed E-state index contributed by atoms with van der Waals surface area (Å²) >= 11 is 3.34. The zero-order valence-electron chi connectivity index (χ0n) is 8.04. The highest BCUT2D eigenvalue weighted by atomic mass is 79.9. The van der Waals surface area contributed by atoms with Gasteiger partial charge < -0.3 is 10.8 Å². The third kappa shape index (κ3) is 1.96. The van der Waals surface area contributed by atoms with E-state index in [-0.39, 0.29) is 0 Å². The van der Waals surface area contributed by atoms with Crippen LogP contribution in [0.25, 0.3) is 0 Å². The lowest BCUT2D eigenvalue weighted by molar-refractivity contribution is -0.143. The van der Waals surface area contributed by atoms with Crippen LogP contribution in [-0.4, -0.2) is 11.1 Å². The maximum Gasteiger partial charge on any atom is 0.328 e. The minimum absolute atomic E-state index is 0.603. The highest BCUT2D eigenvalue weighted by molar-refractivity contribution is 9.10. The molecule has 0 spiro atoms. The fourth-order valence-corrected chi connectivity index (χ4v) is 1.34. The normalized spacial score (nSPS) is 14.9. The molecule has 0 aliphatic rings. The van der Waals surface area contributed by atoms with Gasteiger partial charge in [0, 0.05) is 4.47 Å². The second-order valence-electron chi connectivity index (χ2n) is 3.47. The fraction of sp³-hybridized carbons (Fsp3) is 0.300. The molecule has 0 saturated carbocycles. The van der Waals surface area contributed by atoms with E-state index in [2.05, 4.69) is 15.9 Å². The van der Waals surface area contributed by atoms with Crippen LogP contribution in [-0.2, 0) is 10.3 Å². The van der Waals surface area contributed by atoms with Crippen molar-refractivity contribution in [2.45, 2.75) is 19.4 Å². The summed E-state index contributed by atoms with van der Waals surface area (Å²) in [5.41, 5.74) is 5.93. The summed E-state index contributed by atoms with van der Waals surface area (Å²) in [6, 6.07) is 5.29. The molecule has 0 aliphatic carbocycles. The average Bonchev–Trinajstić information content (AvgIpc) is 2.09. The van der Waals surface area contributed by atoms with Crippen molar-refractivity contribution in [1.82, 2.24) is 0 Å². The van der Waals surface area contributed by atoms with Gasteiger partial charge >= 0.3 is 5.97 Å². The summed E-state index contributed by atoms with van der Waals surface area (Å²) < 4.78 is 0.947. The molecule has 1 rings (SSSR count). The van der Waals surface area contributed by atoms with Crippen LogP contribution in [0.3, 0.4) is 0 Å². The Kier molecular flexibility index (Phi) is 2.97. The van der Waals surface area contributed by atoms with Crippen molar-refractivity contribution in [3.63, 3.8) is 0 Å². The van der Waals surface area contributed by atoms with E-state index >= 15 is 0 Å². The minimum atomic E-state index is -1.33. The van der Waals surface area contributed by atoms with E-state index < -0.39 is 11.5 Å². The number of carbonyl (C=O) groups is 1. The van der Waals surface area contributed by atoms with Crippen molar-refractivity contribution >= 4 is 21.9 Å². The number of halogens is 1. The van der Waals surface area contributed by atoms with Crippen LogP contribution < -0.4 is 5.73 Å². The highest BCUT2D eigenvalue weighted by Gasteiger charge is 2.30. The van der Waals surface area contributed by atoms with E-state index in [4.69, 9.17) is 10.8 Å². The number of nitrogens with two attached hydrogens (primary N) is 1. The Balaban J connectivity index is 3.21. The maximum absolute atomic E-state index is 10.9. The van der Waals surface area contributed by atoms with Crippen LogP contribution in [0, 0.1) is 6.92 Å². The van der Waals surface area contributed by atoms with Crippen molar-refractivity contribution in [3.8, 4) is 0 Å². The summed E-state index contributed by atoms with van der Waals surface area (Å²) in [5, 5.41) is 8.92. The molecule has 0 saturated heterocycles. The molecule has 76 valence electrons. The Morgan fingerprint density at radius 2 is 2.14 bits per heavy atom. The van der Waals surface area contributed by atoms with E-state index in [9.17, 15) is 4.79 Å². The smallest absolute Gasteiger partial charge is 0.328 e. The second-order valence-corrected chi connectivity index (χ2v) is 4.33. The molecule has 0 amide bonds. The summed E-state index contributed by atoms with van der Waals surface area (Å²) in [7, 11) is 0. The van der Waals surface area contributed by atoms with Crippen LogP contribution in [0.15, 0.2) is 22.7 Å². The molecule has 0 fully saturated rings. The first kappa shape index (κ1) is 11.2. The molecule has 1 aromatic rings. The fourth-order valence-electron chi connectivity index (χ4n) is 1.09. The van der Waals surface area contributed by atoms with Gasteiger partial charge in [0.1, 0.15) is 5.54 Å². The summed E-state index contributed by atoms with van der Waals surface area (Å²) in [4.78, 5) is 10.9. The zero-order chi connectivity index (χ0) is 10.9. The molecule has 0 heterocycles. The third-order valence-electron chi connectivity index (χ3n) is 2.20. The van der Waals surface area contributed by atoms with Crippen LogP contribution in [0.1, 0.15) is 18.1 Å². The zero-order valence-corrected chi connectivity index (χ0v) is 9.63. The lowest BCUT2D eigenvalue weighted by atomic mass is 9.92. The van der Waals surface area contributed by atoms with Gasteiger partial charge in [0.25, 0.3) is 0 Å². The molecule has 14 heavy (non-hydrogen) atoms. The minimum Gasteiger partial charge on any atom is -0.480 e. The molecule has 4 heteroatoms. The first-order valence-electron chi connectivity index (χ1n) is 4.14. The van der Waals surface area contributed by atoms with Crippen LogP contribution in [0.5, 0.6) is 0 Å². The van der Waals surface area contributed by atoms with Gasteiger partial charge in [-0.1, -0.05) is 28.1 Å². The van der Waals surface area contributed by atoms with Crippen LogP contribution in [0.2, 0.25) is 0 Å². The van der Waals surface area contributed by atoms with Gasteiger partial charge in [-0.05, 0) is 31.0 Å². The molecule has 1 atom stereocenters. The molecule has 0 radical (unpaired) electrons. The molecule has 3 nitrogen and oxygen atoms in total. The largest absolute Gasteiger partial charge is 0.480 e. The predicted molar refractivity (Wildman–Crippen MR) is 58.1 cm³/mol. The first-order valence-corrected chi connectivity index (χ1v) is 4.94. The Morgan fingerprint density at radius 3 is 2.57 bits per heavy atom. The van der Waals surface area contributed by atoms with Gasteiger partial charge in [-0.25, -0.2) is 4.79 Å². The summed E-state index contributed by atoms with van der Waals surface area (Å²) in [6.45, 7) is 3.38. The number of benzene rings is 1. The maximum atomic E-state index is 10.9. The lowest BCUT2D eigenvalue weighted by Gasteiger charge is -2.20. The first-order chi connectivity index (χ1) is 6.35. The number of aliphatic carboxylic acids is 1. The molecule has 0 bridgehead atoms. The van der Waals surface area contributed by atoms with Crippen LogP contribution in [0.4, 0.5) is 0 Å². The Bertz CT molecular complexity index is 374. The van der Waals surface area contributed by atoms with Gasteiger partial charge in [-0.15, -0.1) is 0 Å². The molecule has 0 unspecified atom stereocenters. The standard InChI is InChI=1S/C10H12BrNO2/c1-6-5-7(3-4-8(6)11)10(2,12)9(13)14/h3-5H,12H2,1-2H3,(H,13,14)/t10-/m0/s1. The lowest BCUT2D eigenvalue weighted by Crippen LogP contribution is -2.41. The SMILES string of the molecule is Cc1cc([C@](C)(N)C(=O)O)ccc1Br. The molecule has 0 aliphatic heterocycles. The average molecular weight is 258 g/mol. The Morgan fingerprint density at radius 1 is 1.57 bits per heavy atom. The van der Waals surface area contributed by atoms with Gasteiger partial charge in [0.05, 0.1) is 0 Å². The van der Waals surface area contributed by atoms with Crippen LogP contribution >= 0.6 is 15.9 Å². The number of hydrogen-bond acceptors (Lipinski definition) is 2. The highest BCUT2D eigenvalue weighted by Crippen LogP contribution is 2.23. The number of carboxylic acids is 1. The van der Waals surface area contributed by atoms with E-state index in [0.29, 0.717) is 5.56 Å². The molecular formula is C10H12BrNO2. The number of aryl methyl sites for hydroxylation is 1. The summed E-state index contributed by atoms with van der Waals surface area (Å²) in [5.74, 6) is -1.03. The van der Waals surface area contributed by atoms with Gasteiger partial charge in [0.15, 0.2) is 0 Å². The van der Waals surface area contributed by atoms with Gasteiger partial charge in [-0.2, -0.15) is 0 Å². The third-order valence-corrected chi connectivity index (χ3v) is 3.09. The van der Waals surface area contributed by atoms with Gasteiger partial charge in [0.2, 0.25) is 0 Å². The van der Waals surface area contributed by atoms with Crippen molar-refractivity contribution in [3.05, 3.63) is 33.8 Å². The topological polar surface area (TPSA) is 63.3 Å². The quantitative estimate of drug-likeness (QED) is 0.852. The van der Waals surface area contributed by atoms with E-state index in [1.807, 2.05) is 6.92 Å². The van der Waals surface area contributed by atoms with Crippen molar-refractivity contribution in [1.29, 1.82) is 0 Å². The Hall–Kier alpha value is -0.870. The van der Waals surface area contributed by atoms with E-state index in [1.165, 1.54) is 6.92 Å². The predicted octanol–water partition coefficient (Wildman–Crippen LogP) is 2.02.